The summed E-state index contributed by atoms with van der Waals surface area (Å²) in [6.07, 6.45) is 0.333. The van der Waals surface area contributed by atoms with Gasteiger partial charge in [-0.25, -0.2) is 4.79 Å². The summed E-state index contributed by atoms with van der Waals surface area (Å²) < 4.78 is 15.4. The molecule has 26 heavy (non-hydrogen) atoms. The predicted octanol–water partition coefficient (Wildman–Crippen LogP) is 0.990. The Morgan fingerprint density at radius 1 is 1.35 bits per heavy atom. The summed E-state index contributed by atoms with van der Waals surface area (Å²) >= 11 is 0. The third-order valence-corrected chi connectivity index (χ3v) is 4.10. The topological polar surface area (TPSA) is 115 Å². The molecule has 0 spiro atoms. The summed E-state index contributed by atoms with van der Waals surface area (Å²) in [5.74, 6) is 0.123. The molecule has 1 fully saturated rings. The van der Waals surface area contributed by atoms with Gasteiger partial charge in [-0.05, 0) is 24.3 Å². The maximum absolute atomic E-state index is 12.3. The first-order chi connectivity index (χ1) is 12.6. The molecule has 1 aromatic heterocycles. The quantitative estimate of drug-likeness (QED) is 0.810. The molecule has 138 valence electrons. The molecule has 1 aromatic carbocycles. The summed E-state index contributed by atoms with van der Waals surface area (Å²) in [5.41, 5.74) is 0.770. The monoisotopic (exact) mass is 361 g/mol. The van der Waals surface area contributed by atoms with Crippen molar-refractivity contribution in [1.29, 1.82) is 0 Å². The fourth-order valence-corrected chi connectivity index (χ4v) is 2.68. The number of aromatic nitrogens is 2. The third kappa shape index (κ3) is 3.99. The highest BCUT2D eigenvalue weighted by molar-refractivity contribution is 5.84. The average molecular weight is 361 g/mol. The van der Waals surface area contributed by atoms with E-state index in [0.29, 0.717) is 18.3 Å². The van der Waals surface area contributed by atoms with Gasteiger partial charge in [0.1, 0.15) is 5.75 Å². The largest absolute Gasteiger partial charge is 0.497 e. The molecule has 3 rings (SSSR count). The number of aliphatic carboxylic acids is 1. The number of morpholine rings is 1. The lowest BCUT2D eigenvalue weighted by molar-refractivity contribution is -0.158. The van der Waals surface area contributed by atoms with Gasteiger partial charge in [0, 0.05) is 24.9 Å². The van der Waals surface area contributed by atoms with Crippen molar-refractivity contribution in [2.24, 2.45) is 0 Å². The zero-order valence-electron chi connectivity index (χ0n) is 14.3. The smallest absolute Gasteiger partial charge is 0.328 e. The Bertz CT molecular complexity index is 773. The fraction of sp³-hybridized carbons (Fsp3) is 0.412. The molecule has 9 heteroatoms. The minimum absolute atomic E-state index is 0.00322. The van der Waals surface area contributed by atoms with Crippen LogP contribution in [0.15, 0.2) is 28.8 Å². The van der Waals surface area contributed by atoms with Crippen molar-refractivity contribution in [1.82, 2.24) is 15.0 Å². The van der Waals surface area contributed by atoms with Crippen LogP contribution in [0.1, 0.15) is 12.3 Å². The van der Waals surface area contributed by atoms with Crippen molar-refractivity contribution in [2.75, 3.05) is 26.9 Å². The summed E-state index contributed by atoms with van der Waals surface area (Å²) in [7, 11) is 1.59. The van der Waals surface area contributed by atoms with Crippen molar-refractivity contribution in [3.05, 3.63) is 30.2 Å². The molecule has 9 nitrogen and oxygen atoms in total. The Morgan fingerprint density at radius 3 is 2.81 bits per heavy atom. The van der Waals surface area contributed by atoms with E-state index in [1.165, 1.54) is 4.90 Å². The van der Waals surface area contributed by atoms with Crippen LogP contribution >= 0.6 is 0 Å². The number of methoxy groups -OCH3 is 1. The maximum Gasteiger partial charge on any atom is 0.328 e. The van der Waals surface area contributed by atoms with Crippen LogP contribution in [0.25, 0.3) is 11.4 Å². The number of carbonyl (C=O) groups is 2. The number of amides is 1. The maximum atomic E-state index is 12.3. The molecule has 1 aliphatic rings. The van der Waals surface area contributed by atoms with Crippen molar-refractivity contribution in [3.63, 3.8) is 0 Å². The van der Waals surface area contributed by atoms with Gasteiger partial charge < -0.3 is 24.0 Å². The average Bonchev–Trinajstić information content (AvgIpc) is 3.15. The number of carboxylic acid groups (broad SMARTS) is 1. The number of rotatable bonds is 6. The normalized spacial score (nSPS) is 17.1. The van der Waals surface area contributed by atoms with E-state index >= 15 is 0 Å². The lowest BCUT2D eigenvalue weighted by Crippen LogP contribution is -2.52. The number of hydrogen-bond donors (Lipinski definition) is 1. The Hall–Kier alpha value is -2.94. The second-order valence-corrected chi connectivity index (χ2v) is 5.76. The second-order valence-electron chi connectivity index (χ2n) is 5.76. The van der Waals surface area contributed by atoms with Gasteiger partial charge in [-0.3, -0.25) is 4.79 Å². The molecule has 0 bridgehead atoms. The lowest BCUT2D eigenvalue weighted by atomic mass is 10.2. The number of nitrogens with zero attached hydrogens (tertiary/aromatic N) is 3. The van der Waals surface area contributed by atoms with Crippen LogP contribution in [0.3, 0.4) is 0 Å². The molecule has 2 aromatic rings. The molecular formula is C17H19N3O6. The standard InChI is InChI=1S/C17H19N3O6/c1-24-12-4-2-11(3-5-12)16-18-14(26-19-16)6-7-15(21)20-8-9-25-10-13(20)17(22)23/h2-5,13H,6-10H2,1H3,(H,22,23)/t13-/m1/s1. The van der Waals surface area contributed by atoms with Crippen LogP contribution < -0.4 is 4.74 Å². The van der Waals surface area contributed by atoms with E-state index in [9.17, 15) is 14.7 Å². The van der Waals surface area contributed by atoms with Gasteiger partial charge in [0.2, 0.25) is 17.6 Å². The molecule has 1 saturated heterocycles. The van der Waals surface area contributed by atoms with Crippen LogP contribution in [0, 0.1) is 0 Å². The summed E-state index contributed by atoms with van der Waals surface area (Å²) in [4.78, 5) is 29.2. The molecule has 0 aliphatic carbocycles. The van der Waals surface area contributed by atoms with Gasteiger partial charge >= 0.3 is 5.97 Å². The van der Waals surface area contributed by atoms with E-state index in [4.69, 9.17) is 14.0 Å². The molecule has 1 amide bonds. The zero-order chi connectivity index (χ0) is 18.5. The number of aryl methyl sites for hydroxylation is 1. The highest BCUT2D eigenvalue weighted by atomic mass is 16.5. The van der Waals surface area contributed by atoms with Crippen molar-refractivity contribution in [2.45, 2.75) is 18.9 Å². The first kappa shape index (κ1) is 17.9. The van der Waals surface area contributed by atoms with E-state index in [-0.39, 0.29) is 31.9 Å². The number of carboxylic acids is 1. The van der Waals surface area contributed by atoms with E-state index in [2.05, 4.69) is 10.1 Å². The van der Waals surface area contributed by atoms with Gasteiger partial charge in [-0.15, -0.1) is 0 Å². The Labute approximate surface area is 149 Å². The minimum atomic E-state index is -1.07. The SMILES string of the molecule is COc1ccc(-c2noc(CCC(=O)N3CCOC[C@@H]3C(=O)O)n2)cc1. The van der Waals surface area contributed by atoms with E-state index in [1.54, 1.807) is 19.2 Å². The van der Waals surface area contributed by atoms with Crippen molar-refractivity contribution < 1.29 is 28.7 Å². The van der Waals surface area contributed by atoms with E-state index < -0.39 is 12.0 Å². The minimum Gasteiger partial charge on any atom is -0.497 e. The van der Waals surface area contributed by atoms with Gasteiger partial charge in [-0.1, -0.05) is 5.16 Å². The number of benzene rings is 1. The van der Waals surface area contributed by atoms with Crippen molar-refractivity contribution in [3.8, 4) is 17.1 Å². The van der Waals surface area contributed by atoms with Crippen LogP contribution in [-0.2, 0) is 20.7 Å². The molecule has 1 aliphatic heterocycles. The van der Waals surface area contributed by atoms with E-state index in [0.717, 1.165) is 11.3 Å². The highest BCUT2D eigenvalue weighted by Crippen LogP contribution is 2.20. The fourth-order valence-electron chi connectivity index (χ4n) is 2.68. The Morgan fingerprint density at radius 2 is 2.12 bits per heavy atom. The molecule has 1 N–H and O–H groups in total. The predicted molar refractivity (Wildman–Crippen MR) is 88.6 cm³/mol. The first-order valence-electron chi connectivity index (χ1n) is 8.15. The third-order valence-electron chi connectivity index (χ3n) is 4.10. The Balaban J connectivity index is 1.60. The summed E-state index contributed by atoms with van der Waals surface area (Å²) in [6.45, 7) is 0.595. The number of hydrogen-bond acceptors (Lipinski definition) is 7. The highest BCUT2D eigenvalue weighted by Gasteiger charge is 2.32. The molecule has 0 unspecified atom stereocenters. The van der Waals surface area contributed by atoms with Crippen LogP contribution in [0.5, 0.6) is 5.75 Å². The van der Waals surface area contributed by atoms with Gasteiger partial charge in [0.05, 0.1) is 20.3 Å². The molecule has 0 radical (unpaired) electrons. The first-order valence-corrected chi connectivity index (χ1v) is 8.15. The van der Waals surface area contributed by atoms with E-state index in [1.807, 2.05) is 12.1 Å². The van der Waals surface area contributed by atoms with Crippen LogP contribution in [0.4, 0.5) is 0 Å². The summed E-state index contributed by atoms with van der Waals surface area (Å²) in [5, 5.41) is 13.1. The summed E-state index contributed by atoms with van der Waals surface area (Å²) in [6, 6.07) is 6.25. The number of carbonyl (C=O) groups excluding carboxylic acids is 1. The molecule has 2 heterocycles. The number of ether oxygens (including phenoxy) is 2. The molecule has 0 saturated carbocycles. The Kier molecular flexibility index (Phi) is 5.47. The van der Waals surface area contributed by atoms with Gasteiger partial charge in [0.15, 0.2) is 6.04 Å². The van der Waals surface area contributed by atoms with Gasteiger partial charge in [-0.2, -0.15) is 4.98 Å². The lowest BCUT2D eigenvalue weighted by Gasteiger charge is -2.32. The zero-order valence-corrected chi connectivity index (χ0v) is 14.3. The van der Waals surface area contributed by atoms with Crippen LogP contribution in [-0.4, -0.2) is 64.9 Å². The van der Waals surface area contributed by atoms with Crippen LogP contribution in [0.2, 0.25) is 0 Å². The van der Waals surface area contributed by atoms with Crippen molar-refractivity contribution >= 4 is 11.9 Å². The molecular weight excluding hydrogens is 342 g/mol. The molecule has 1 atom stereocenters. The second kappa shape index (κ2) is 7.96. The van der Waals surface area contributed by atoms with Gasteiger partial charge in [0.25, 0.3) is 0 Å².